The molecule has 29 heavy (non-hydrogen) atoms. The molecule has 1 saturated heterocycles. The zero-order chi connectivity index (χ0) is 21.4. The number of aliphatic hydroxyl groups is 1. The molecule has 1 atom stereocenters. The molecule has 1 heterocycles. The second kappa shape index (κ2) is 11.4. The molecule has 0 unspecified atom stereocenters. The highest BCUT2D eigenvalue weighted by Gasteiger charge is 2.18. The van der Waals surface area contributed by atoms with Gasteiger partial charge in [-0.3, -0.25) is 9.69 Å². The fourth-order valence-corrected chi connectivity index (χ4v) is 3.41. The van der Waals surface area contributed by atoms with E-state index >= 15 is 0 Å². The van der Waals surface area contributed by atoms with E-state index in [1.54, 1.807) is 14.0 Å². The van der Waals surface area contributed by atoms with Gasteiger partial charge in [0.15, 0.2) is 11.5 Å². The first-order valence-corrected chi connectivity index (χ1v) is 10.5. The molecule has 1 amide bonds. The van der Waals surface area contributed by atoms with E-state index in [2.05, 4.69) is 23.6 Å². The Kier molecular flexibility index (Phi) is 9.20. The fraction of sp³-hybridized carbons (Fsp3) is 0.682. The van der Waals surface area contributed by atoms with Crippen LogP contribution in [0.25, 0.3) is 0 Å². The summed E-state index contributed by atoms with van der Waals surface area (Å²) in [4.78, 5) is 18.0. The van der Waals surface area contributed by atoms with Crippen molar-refractivity contribution in [1.29, 1.82) is 0 Å². The van der Waals surface area contributed by atoms with Gasteiger partial charge >= 0.3 is 0 Å². The van der Waals surface area contributed by atoms with Crippen LogP contribution in [-0.2, 0) is 11.3 Å². The van der Waals surface area contributed by atoms with Crippen LogP contribution in [0.2, 0.25) is 0 Å². The van der Waals surface area contributed by atoms with Crippen molar-refractivity contribution in [2.45, 2.75) is 45.9 Å². The Labute approximate surface area is 175 Å². The fourth-order valence-electron chi connectivity index (χ4n) is 3.41. The molecule has 2 rings (SSSR count). The average molecular weight is 408 g/mol. The first-order chi connectivity index (χ1) is 13.8. The number of rotatable bonds is 9. The molecular weight excluding hydrogens is 370 g/mol. The molecule has 7 nitrogen and oxygen atoms in total. The third-order valence-corrected chi connectivity index (χ3v) is 5.48. The topological polar surface area (TPSA) is 65.5 Å². The van der Waals surface area contributed by atoms with Crippen molar-refractivity contribution in [3.63, 3.8) is 0 Å². The van der Waals surface area contributed by atoms with Gasteiger partial charge in [-0.05, 0) is 45.0 Å². The van der Waals surface area contributed by atoms with Gasteiger partial charge in [-0.2, -0.15) is 0 Å². The summed E-state index contributed by atoms with van der Waals surface area (Å²) in [5.74, 6) is 1.46. The number of ether oxygens (including phenoxy) is 2. The van der Waals surface area contributed by atoms with Crippen molar-refractivity contribution in [2.24, 2.45) is 0 Å². The predicted octanol–water partition coefficient (Wildman–Crippen LogP) is 1.83. The lowest BCUT2D eigenvalue weighted by atomic mass is 10.2. The molecule has 0 spiro atoms. The number of likely N-dealkylation sites (N-methyl/N-ethyl adjacent to an activating group) is 1. The summed E-state index contributed by atoms with van der Waals surface area (Å²) in [7, 11) is 3.62. The van der Waals surface area contributed by atoms with Crippen molar-refractivity contribution in [3.8, 4) is 11.5 Å². The summed E-state index contributed by atoms with van der Waals surface area (Å²) in [5.41, 5.74) is 1.14. The SMILES string of the molecule is COc1cc(CN2CCCN(C(C)=O)CC2)ccc1OC[C@H](O)CN(C)C(C)C. The lowest BCUT2D eigenvalue weighted by Crippen LogP contribution is -2.37. The van der Waals surface area contributed by atoms with Crippen molar-refractivity contribution in [1.82, 2.24) is 14.7 Å². The quantitative estimate of drug-likeness (QED) is 0.674. The van der Waals surface area contributed by atoms with E-state index in [4.69, 9.17) is 9.47 Å². The minimum Gasteiger partial charge on any atom is -0.493 e. The number of aliphatic hydroxyl groups excluding tert-OH is 1. The van der Waals surface area contributed by atoms with E-state index in [1.807, 2.05) is 30.1 Å². The number of methoxy groups -OCH3 is 1. The number of carbonyl (C=O) groups excluding carboxylic acids is 1. The lowest BCUT2D eigenvalue weighted by Gasteiger charge is -2.24. The summed E-state index contributed by atoms with van der Waals surface area (Å²) < 4.78 is 11.3. The first-order valence-electron chi connectivity index (χ1n) is 10.5. The predicted molar refractivity (Wildman–Crippen MR) is 114 cm³/mol. The Morgan fingerprint density at radius 1 is 1.21 bits per heavy atom. The number of hydrogen-bond acceptors (Lipinski definition) is 6. The summed E-state index contributed by atoms with van der Waals surface area (Å²) in [6.45, 7) is 10.9. The number of amides is 1. The molecule has 1 N–H and O–H groups in total. The molecular formula is C22H37N3O4. The molecule has 7 heteroatoms. The van der Waals surface area contributed by atoms with Gasteiger partial charge in [-0.25, -0.2) is 0 Å². The Morgan fingerprint density at radius 3 is 2.62 bits per heavy atom. The maximum atomic E-state index is 11.6. The highest BCUT2D eigenvalue weighted by atomic mass is 16.5. The summed E-state index contributed by atoms with van der Waals surface area (Å²) >= 11 is 0. The molecule has 164 valence electrons. The standard InChI is InChI=1S/C22H37N3O4/c1-17(2)23(4)15-20(27)16-29-21-8-7-19(13-22(21)28-5)14-24-9-6-10-25(12-11-24)18(3)26/h7-8,13,17,20,27H,6,9-12,14-16H2,1-5H3/t20-/m1/s1. The Bertz CT molecular complexity index is 653. The van der Waals surface area contributed by atoms with Gasteiger partial charge < -0.3 is 24.4 Å². The monoisotopic (exact) mass is 407 g/mol. The Morgan fingerprint density at radius 2 is 1.97 bits per heavy atom. The summed E-state index contributed by atoms with van der Waals surface area (Å²) in [6, 6.07) is 6.32. The van der Waals surface area contributed by atoms with E-state index < -0.39 is 6.10 Å². The van der Waals surface area contributed by atoms with Crippen LogP contribution in [0, 0.1) is 0 Å². The minimum absolute atomic E-state index is 0.150. The molecule has 1 aromatic carbocycles. The molecule has 1 fully saturated rings. The van der Waals surface area contributed by atoms with Crippen LogP contribution in [0.4, 0.5) is 0 Å². The Balaban J connectivity index is 1.91. The maximum Gasteiger partial charge on any atom is 0.219 e. The molecule has 0 aromatic heterocycles. The third kappa shape index (κ3) is 7.49. The van der Waals surface area contributed by atoms with Crippen LogP contribution < -0.4 is 9.47 Å². The van der Waals surface area contributed by atoms with Crippen LogP contribution in [0.1, 0.15) is 32.8 Å². The largest absolute Gasteiger partial charge is 0.493 e. The van der Waals surface area contributed by atoms with Crippen molar-refractivity contribution < 1.29 is 19.4 Å². The van der Waals surface area contributed by atoms with Crippen molar-refractivity contribution in [3.05, 3.63) is 23.8 Å². The van der Waals surface area contributed by atoms with E-state index in [1.165, 1.54) is 0 Å². The van der Waals surface area contributed by atoms with Crippen LogP contribution in [0.5, 0.6) is 11.5 Å². The highest BCUT2D eigenvalue weighted by Crippen LogP contribution is 2.29. The van der Waals surface area contributed by atoms with Crippen LogP contribution in [-0.4, -0.2) is 91.3 Å². The molecule has 0 saturated carbocycles. The van der Waals surface area contributed by atoms with Crippen LogP contribution >= 0.6 is 0 Å². The molecule has 1 aliphatic heterocycles. The first kappa shape index (κ1) is 23.4. The van der Waals surface area contributed by atoms with Gasteiger partial charge in [0.2, 0.25) is 5.91 Å². The van der Waals surface area contributed by atoms with Crippen molar-refractivity contribution in [2.75, 3.05) is 53.5 Å². The number of hydrogen-bond donors (Lipinski definition) is 1. The van der Waals surface area contributed by atoms with E-state index in [0.717, 1.165) is 44.7 Å². The molecule has 1 aliphatic rings. The Hall–Kier alpha value is -1.83. The van der Waals surface area contributed by atoms with Gasteiger partial charge in [-0.1, -0.05) is 6.07 Å². The van der Waals surface area contributed by atoms with Crippen LogP contribution in [0.15, 0.2) is 18.2 Å². The average Bonchev–Trinajstić information content (AvgIpc) is 2.92. The van der Waals surface area contributed by atoms with E-state index in [-0.39, 0.29) is 12.5 Å². The molecule has 0 aliphatic carbocycles. The number of carbonyl (C=O) groups is 1. The minimum atomic E-state index is -0.562. The lowest BCUT2D eigenvalue weighted by molar-refractivity contribution is -0.128. The maximum absolute atomic E-state index is 11.6. The van der Waals surface area contributed by atoms with Gasteiger partial charge in [0.05, 0.1) is 7.11 Å². The van der Waals surface area contributed by atoms with Crippen LogP contribution in [0.3, 0.4) is 0 Å². The van der Waals surface area contributed by atoms with Crippen molar-refractivity contribution >= 4 is 5.91 Å². The second-order valence-electron chi connectivity index (χ2n) is 8.12. The zero-order valence-electron chi connectivity index (χ0n) is 18.6. The van der Waals surface area contributed by atoms with Gasteiger partial charge in [0, 0.05) is 52.2 Å². The van der Waals surface area contributed by atoms with Gasteiger partial charge in [0.25, 0.3) is 0 Å². The van der Waals surface area contributed by atoms with E-state index in [0.29, 0.717) is 24.1 Å². The number of nitrogens with zero attached hydrogens (tertiary/aromatic N) is 3. The number of benzene rings is 1. The second-order valence-corrected chi connectivity index (χ2v) is 8.12. The zero-order valence-corrected chi connectivity index (χ0v) is 18.6. The normalized spacial score (nSPS) is 16.8. The van der Waals surface area contributed by atoms with Gasteiger partial charge in [0.1, 0.15) is 12.7 Å². The summed E-state index contributed by atoms with van der Waals surface area (Å²) in [5, 5.41) is 10.2. The smallest absolute Gasteiger partial charge is 0.219 e. The van der Waals surface area contributed by atoms with Gasteiger partial charge in [-0.15, -0.1) is 0 Å². The molecule has 0 bridgehead atoms. The third-order valence-electron chi connectivity index (χ3n) is 5.48. The molecule has 0 radical (unpaired) electrons. The van der Waals surface area contributed by atoms with E-state index in [9.17, 15) is 9.90 Å². The highest BCUT2D eigenvalue weighted by molar-refractivity contribution is 5.73. The summed E-state index contributed by atoms with van der Waals surface area (Å²) in [6.07, 6.45) is 0.425. The molecule has 1 aromatic rings.